The summed E-state index contributed by atoms with van der Waals surface area (Å²) in [5.74, 6) is -0.451. The van der Waals surface area contributed by atoms with E-state index < -0.39 is 28.0 Å². The van der Waals surface area contributed by atoms with Gasteiger partial charge in [0, 0.05) is 123 Å². The average molecular weight is 1640 g/mol. The molecule has 4 aliphatic heterocycles. The number of rotatable bonds is 11. The molecular formula is C87H119Cl3N18O7. The van der Waals surface area contributed by atoms with Crippen molar-refractivity contribution in [1.29, 1.82) is 21.0 Å². The molecule has 12 rings (SSSR count). The number of ether oxygens (including phenoxy) is 2. The van der Waals surface area contributed by atoms with Gasteiger partial charge in [0.25, 0.3) is 5.91 Å². The highest BCUT2D eigenvalue weighted by Crippen LogP contribution is 2.38. The molecule has 8 aromatic heterocycles. The molecule has 3 amide bonds. The average Bonchev–Trinajstić information content (AvgIpc) is 0.799. The van der Waals surface area contributed by atoms with Crippen LogP contribution in [0.4, 0.5) is 9.59 Å². The number of likely N-dealkylation sites (tertiary alicyclic amines) is 3. The quantitative estimate of drug-likeness (QED) is 0.114. The molecule has 0 aliphatic carbocycles. The fourth-order valence-corrected chi connectivity index (χ4v) is 12.3. The van der Waals surface area contributed by atoms with Crippen LogP contribution in [0.3, 0.4) is 0 Å². The second kappa shape index (κ2) is 50.5. The smallest absolute Gasteiger partial charge is 0.410 e. The summed E-state index contributed by atoms with van der Waals surface area (Å²) in [6, 6.07) is 35.7. The maximum Gasteiger partial charge on any atom is 0.410 e. The number of carbonyl (C=O) groups excluding carboxylic acids is 3. The minimum atomic E-state index is -1.02. The van der Waals surface area contributed by atoms with Crippen LogP contribution in [0.25, 0.3) is 22.8 Å². The first-order valence-corrected chi connectivity index (χ1v) is 36.6. The van der Waals surface area contributed by atoms with Crippen molar-refractivity contribution in [2.75, 3.05) is 52.4 Å². The Morgan fingerprint density at radius 3 is 1.15 bits per heavy atom. The Hall–Kier alpha value is -10.7. The summed E-state index contributed by atoms with van der Waals surface area (Å²) < 4.78 is 10.7. The van der Waals surface area contributed by atoms with Gasteiger partial charge in [-0.25, -0.2) is 34.3 Å². The number of carboxylic acids is 1. The molecule has 115 heavy (non-hydrogen) atoms. The summed E-state index contributed by atoms with van der Waals surface area (Å²) in [5.41, 5.74) is 9.03. The molecule has 25 nitrogen and oxygen atoms in total. The maximum atomic E-state index is 13.2. The van der Waals surface area contributed by atoms with Crippen LogP contribution in [0.2, 0.25) is 0 Å². The largest absolute Gasteiger partial charge is 0.478 e. The summed E-state index contributed by atoms with van der Waals surface area (Å²) in [5, 5.41) is 49.9. The van der Waals surface area contributed by atoms with Crippen molar-refractivity contribution in [2.24, 2.45) is 22.2 Å². The number of halogens is 3. The minimum absolute atomic E-state index is 0. The molecule has 0 atom stereocenters. The van der Waals surface area contributed by atoms with Gasteiger partial charge < -0.3 is 34.6 Å². The Morgan fingerprint density at radius 1 is 0.478 bits per heavy atom. The van der Waals surface area contributed by atoms with Gasteiger partial charge in [0.15, 0.2) is 0 Å². The van der Waals surface area contributed by atoms with E-state index in [0.29, 0.717) is 112 Å². The van der Waals surface area contributed by atoms with Crippen LogP contribution in [-0.2, 0) is 34.6 Å². The second-order valence-corrected chi connectivity index (χ2v) is 29.5. The number of carboxylic acid groups (broad SMARTS) is 1. The Labute approximate surface area is 700 Å². The van der Waals surface area contributed by atoms with Crippen LogP contribution in [0.5, 0.6) is 0 Å². The van der Waals surface area contributed by atoms with Crippen molar-refractivity contribution in [1.82, 2.24) is 69.9 Å². The summed E-state index contributed by atoms with van der Waals surface area (Å²) >= 11 is 5.54. The minimum Gasteiger partial charge on any atom is -0.478 e. The topological polar surface area (TPSA) is 353 Å². The number of aryl methyl sites for hydroxylation is 4. The van der Waals surface area contributed by atoms with E-state index in [4.69, 9.17) is 31.4 Å². The lowest BCUT2D eigenvalue weighted by Crippen LogP contribution is -2.45. The number of nitrogens with one attached hydrogen (secondary N) is 1. The van der Waals surface area contributed by atoms with Gasteiger partial charge >= 0.3 is 18.2 Å². The Kier molecular flexibility index (Phi) is 45.8. The SMILES string of the molecule is C.C.C.C.C.CC(C)(C)OC(=O)N1CCC(C#N)CC1.Cc1ccc(CC2(C#N)CCN(C(=O)OC(C)(C)C)CC2)cn1.Cc1ccc(CC2(C#N)CCN(C(=O)c3cccnc3-c3ccncn3)CC2)cn1.Cc1ccc(CC2(C#N)CCNCC2)cn1.Cc1ccc(CCl)cn1.Cl.Cl.O=C(O)c1cccnc1-c1ccncn1. The van der Waals surface area contributed by atoms with E-state index in [-0.39, 0.29) is 96.9 Å². The predicted molar refractivity (Wildman–Crippen MR) is 457 cm³/mol. The molecule has 2 N–H and O–H groups in total. The molecule has 4 fully saturated rings. The van der Waals surface area contributed by atoms with E-state index in [0.717, 1.165) is 84.7 Å². The molecule has 0 unspecified atom stereocenters. The third-order valence-corrected chi connectivity index (χ3v) is 18.7. The Balaban J connectivity index is 0.00000139. The second-order valence-electron chi connectivity index (χ2n) is 29.2. The normalized spacial score (nSPS) is 14.6. The zero-order chi connectivity index (χ0) is 78.3. The number of aromatic carboxylic acids is 1. The number of pyridine rings is 6. The van der Waals surface area contributed by atoms with Crippen molar-refractivity contribution in [3.63, 3.8) is 0 Å². The van der Waals surface area contributed by atoms with Gasteiger partial charge in [0.2, 0.25) is 0 Å². The van der Waals surface area contributed by atoms with E-state index in [1.807, 2.05) is 135 Å². The number of alkyl halides is 1. The monoisotopic (exact) mass is 1630 g/mol. The number of hydrogen-bond acceptors (Lipinski definition) is 21. The van der Waals surface area contributed by atoms with Gasteiger partial charge in [-0.3, -0.25) is 34.7 Å². The lowest BCUT2D eigenvalue weighted by molar-refractivity contribution is 0.0146. The van der Waals surface area contributed by atoms with E-state index in [1.165, 1.54) is 30.5 Å². The van der Waals surface area contributed by atoms with E-state index in [2.05, 4.69) is 85.5 Å². The van der Waals surface area contributed by atoms with Crippen LogP contribution in [0.15, 0.2) is 147 Å². The zero-order valence-corrected chi connectivity index (χ0v) is 66.7. The van der Waals surface area contributed by atoms with E-state index in [1.54, 1.807) is 64.9 Å². The molecule has 0 bridgehead atoms. The summed E-state index contributed by atoms with van der Waals surface area (Å²) in [7, 11) is 0. The third-order valence-electron chi connectivity index (χ3n) is 18.4. The van der Waals surface area contributed by atoms with E-state index in [9.17, 15) is 35.0 Å². The van der Waals surface area contributed by atoms with Gasteiger partial charge in [-0.15, -0.1) is 36.4 Å². The Morgan fingerprint density at radius 2 is 0.826 bits per heavy atom. The summed E-state index contributed by atoms with van der Waals surface area (Å²) in [4.78, 5) is 94.3. The standard InChI is InChI=1S/C23H22N6O.C18H25N3O2.C13H17N3.C11H18N2O2.C10H7N3O2.C7H8ClN.5CH4.2ClH/c1-17-4-5-18(14-27-17)13-23(15-24)7-11-29(12-8-23)22(30)19-3-2-9-26-21(19)20-6-10-25-16-28-20;1-14-5-6-15(12-20-14)11-18(13-19)7-9-21(10-8-18)16(22)23-17(2,3)4;1-11-2-3-12(9-16-11)8-13(10-14)4-6-15-7-5-13;1-11(2,3)15-10(14)13-6-4-9(8-12)5-7-13;14-10(15)7-2-1-4-12-9(7)8-3-5-11-6-13-8;1-6-2-3-7(4-8)5-9-6;;;;;;;/h2-6,9-10,14,16H,7-8,11-13H2,1H3;5-6,12H,7-11H2,1-4H3;2-3,9,15H,4-8H2,1H3;9H,4-7H2,1-3H3;1-6H,(H,14,15);2-3,5H,4H2,1H3;5*1H4;2*1H. The number of amides is 3. The molecule has 0 aromatic carbocycles. The highest BCUT2D eigenvalue weighted by atomic mass is 35.5. The van der Waals surface area contributed by atoms with E-state index >= 15 is 0 Å². The van der Waals surface area contributed by atoms with Crippen LogP contribution < -0.4 is 5.32 Å². The Bertz CT molecular complexity index is 4370. The fourth-order valence-electron chi connectivity index (χ4n) is 12.1. The molecule has 0 saturated carbocycles. The first kappa shape index (κ1) is 104. The van der Waals surface area contributed by atoms with Crippen LogP contribution in [0, 0.1) is 95.2 Å². The lowest BCUT2D eigenvalue weighted by Gasteiger charge is -2.37. The summed E-state index contributed by atoms with van der Waals surface area (Å²) in [6.07, 6.45) is 24.1. The molecule has 28 heteroatoms. The van der Waals surface area contributed by atoms with Gasteiger partial charge in [-0.1, -0.05) is 61.4 Å². The molecule has 0 radical (unpaired) electrons. The highest BCUT2D eigenvalue weighted by Gasteiger charge is 2.40. The van der Waals surface area contributed by atoms with Crippen molar-refractivity contribution in [3.05, 3.63) is 203 Å². The number of hydrogen-bond donors (Lipinski definition) is 2. The predicted octanol–water partition coefficient (Wildman–Crippen LogP) is 18.1. The van der Waals surface area contributed by atoms with Gasteiger partial charge in [0.05, 0.1) is 63.0 Å². The van der Waals surface area contributed by atoms with Crippen molar-refractivity contribution >= 4 is 60.5 Å². The molecule has 0 spiro atoms. The van der Waals surface area contributed by atoms with Gasteiger partial charge in [-0.05, 0) is 236 Å². The van der Waals surface area contributed by atoms with Crippen LogP contribution >= 0.6 is 36.4 Å². The lowest BCUT2D eigenvalue weighted by atomic mass is 9.75. The summed E-state index contributed by atoms with van der Waals surface area (Å²) in [6.45, 7) is 24.3. The fraction of sp³-hybridized carbons (Fsp3) is 0.471. The number of carbonyl (C=O) groups is 4. The molecule has 4 saturated heterocycles. The number of aromatic nitrogens is 10. The third kappa shape index (κ3) is 33.7. The number of piperidine rings is 4. The first-order valence-electron chi connectivity index (χ1n) is 36.1. The van der Waals surface area contributed by atoms with Crippen molar-refractivity contribution in [3.8, 4) is 47.1 Å². The zero-order valence-electron chi connectivity index (χ0n) is 64.3. The molecule has 4 aliphatic rings. The first-order chi connectivity index (χ1) is 51.6. The van der Waals surface area contributed by atoms with Gasteiger partial charge in [-0.2, -0.15) is 21.0 Å². The van der Waals surface area contributed by atoms with Crippen LogP contribution in [0.1, 0.15) is 196 Å². The van der Waals surface area contributed by atoms with Crippen LogP contribution in [-0.4, -0.2) is 157 Å². The maximum absolute atomic E-state index is 13.2. The molecule has 620 valence electrons. The highest BCUT2D eigenvalue weighted by molar-refractivity contribution is 6.17. The number of nitriles is 4. The number of nitrogens with zero attached hydrogens (tertiary/aromatic N) is 17. The van der Waals surface area contributed by atoms with Crippen molar-refractivity contribution in [2.45, 2.75) is 194 Å². The molecule has 12 heterocycles. The molecule has 8 aromatic rings. The van der Waals surface area contributed by atoms with Crippen molar-refractivity contribution < 1.29 is 33.8 Å². The van der Waals surface area contributed by atoms with Gasteiger partial charge in [0.1, 0.15) is 35.2 Å². The molecular weight excluding hydrogens is 1520 g/mol.